The van der Waals surface area contributed by atoms with Gasteiger partial charge in [0.25, 0.3) is 10.0 Å². The van der Waals surface area contributed by atoms with E-state index in [2.05, 4.69) is 25.7 Å². The Labute approximate surface area is 159 Å². The first kappa shape index (κ1) is 19.1. The highest BCUT2D eigenvalue weighted by Gasteiger charge is 2.27. The molecule has 1 amide bonds. The number of nitrogens with one attached hydrogen (secondary N) is 1. The van der Waals surface area contributed by atoms with E-state index in [0.717, 1.165) is 21.2 Å². The lowest BCUT2D eigenvalue weighted by Crippen LogP contribution is -2.26. The van der Waals surface area contributed by atoms with E-state index in [1.54, 1.807) is 6.92 Å². The molecule has 3 rings (SSSR count). The van der Waals surface area contributed by atoms with Gasteiger partial charge in [0, 0.05) is 19.0 Å². The van der Waals surface area contributed by atoms with Crippen LogP contribution < -0.4 is 5.32 Å². The molecule has 0 saturated heterocycles. The topological polar surface area (TPSA) is 131 Å². The van der Waals surface area contributed by atoms with Crippen LogP contribution in [0.25, 0.3) is 11.4 Å². The summed E-state index contributed by atoms with van der Waals surface area (Å²) >= 11 is 0.774. The highest BCUT2D eigenvalue weighted by Crippen LogP contribution is 2.24. The molecule has 142 valence electrons. The predicted octanol–water partition coefficient (Wildman–Crippen LogP) is 1.76. The van der Waals surface area contributed by atoms with Crippen LogP contribution in [0.3, 0.4) is 0 Å². The maximum absolute atomic E-state index is 12.6. The molecule has 1 N–H and O–H groups in total. The van der Waals surface area contributed by atoms with Gasteiger partial charge in [-0.25, -0.2) is 8.42 Å². The SMILES string of the molecule is CCC(=O)Nc1nnc(S(=O)(=O)N(C)Cc2nc(-c3ccccc3)no2)s1. The highest BCUT2D eigenvalue weighted by atomic mass is 32.2. The van der Waals surface area contributed by atoms with Crippen molar-refractivity contribution < 1.29 is 17.7 Å². The van der Waals surface area contributed by atoms with E-state index in [0.29, 0.717) is 5.82 Å². The van der Waals surface area contributed by atoms with E-state index < -0.39 is 10.0 Å². The number of hydrogen-bond donors (Lipinski definition) is 1. The fraction of sp³-hybridized carbons (Fsp3) is 0.267. The minimum absolute atomic E-state index is 0.123. The summed E-state index contributed by atoms with van der Waals surface area (Å²) in [4.78, 5) is 15.6. The summed E-state index contributed by atoms with van der Waals surface area (Å²) in [5.41, 5.74) is 0.762. The maximum atomic E-state index is 12.6. The van der Waals surface area contributed by atoms with Crippen molar-refractivity contribution in [1.29, 1.82) is 0 Å². The third kappa shape index (κ3) is 4.35. The van der Waals surface area contributed by atoms with Crippen molar-refractivity contribution in [2.24, 2.45) is 0 Å². The first-order valence-corrected chi connectivity index (χ1v) is 10.1. The van der Waals surface area contributed by atoms with Crippen molar-refractivity contribution in [3.05, 3.63) is 36.2 Å². The van der Waals surface area contributed by atoms with Gasteiger partial charge in [0.1, 0.15) is 0 Å². The molecule has 0 spiro atoms. The number of carbonyl (C=O) groups is 1. The fourth-order valence-electron chi connectivity index (χ4n) is 2.00. The predicted molar refractivity (Wildman–Crippen MR) is 97.2 cm³/mol. The highest BCUT2D eigenvalue weighted by molar-refractivity contribution is 7.91. The fourth-order valence-corrected chi connectivity index (χ4v) is 4.23. The molecule has 0 aliphatic heterocycles. The number of hydrogen-bond acceptors (Lipinski definition) is 9. The summed E-state index contributed by atoms with van der Waals surface area (Å²) in [5.74, 6) is 0.239. The first-order valence-electron chi connectivity index (χ1n) is 7.88. The number of benzene rings is 1. The summed E-state index contributed by atoms with van der Waals surface area (Å²) in [6.07, 6.45) is 0.252. The average molecular weight is 408 g/mol. The zero-order valence-electron chi connectivity index (χ0n) is 14.5. The lowest BCUT2D eigenvalue weighted by molar-refractivity contribution is -0.115. The Hall–Kier alpha value is -2.70. The lowest BCUT2D eigenvalue weighted by Gasteiger charge is -2.11. The van der Waals surface area contributed by atoms with Crippen LogP contribution in [0, 0.1) is 0 Å². The number of sulfonamides is 1. The van der Waals surface area contributed by atoms with E-state index in [4.69, 9.17) is 4.52 Å². The minimum Gasteiger partial charge on any atom is -0.338 e. The van der Waals surface area contributed by atoms with Crippen molar-refractivity contribution in [2.45, 2.75) is 24.2 Å². The smallest absolute Gasteiger partial charge is 0.272 e. The number of nitrogens with zero attached hydrogens (tertiary/aromatic N) is 5. The van der Waals surface area contributed by atoms with E-state index in [-0.39, 0.29) is 34.2 Å². The van der Waals surface area contributed by atoms with Gasteiger partial charge in [0.2, 0.25) is 27.1 Å². The third-order valence-corrected chi connectivity index (χ3v) is 6.45. The molecule has 1 aromatic carbocycles. The van der Waals surface area contributed by atoms with Gasteiger partial charge in [-0.3, -0.25) is 4.79 Å². The Bertz CT molecular complexity index is 1030. The van der Waals surface area contributed by atoms with Crippen LogP contribution in [-0.4, -0.2) is 46.0 Å². The van der Waals surface area contributed by atoms with Gasteiger partial charge in [0.15, 0.2) is 0 Å². The Balaban J connectivity index is 1.73. The third-order valence-electron chi connectivity index (χ3n) is 3.46. The molecule has 3 aromatic rings. The Morgan fingerprint density at radius 1 is 1.26 bits per heavy atom. The lowest BCUT2D eigenvalue weighted by atomic mass is 10.2. The summed E-state index contributed by atoms with van der Waals surface area (Å²) in [5, 5.41) is 13.8. The Morgan fingerprint density at radius 3 is 2.70 bits per heavy atom. The molecule has 0 aliphatic carbocycles. The van der Waals surface area contributed by atoms with E-state index in [1.165, 1.54) is 7.05 Å². The second-order valence-electron chi connectivity index (χ2n) is 5.41. The van der Waals surface area contributed by atoms with Gasteiger partial charge in [-0.05, 0) is 0 Å². The molecule has 0 atom stereocenters. The number of rotatable bonds is 7. The standard InChI is InChI=1S/C15H16N6O4S2/c1-3-11(22)16-14-18-19-15(26-14)27(23,24)21(2)9-12-17-13(20-25-12)10-7-5-4-6-8-10/h4-8H,3,9H2,1-2H3,(H,16,18,22). The van der Waals surface area contributed by atoms with Gasteiger partial charge in [-0.15, -0.1) is 10.2 Å². The van der Waals surface area contributed by atoms with Crippen molar-refractivity contribution in [2.75, 3.05) is 12.4 Å². The summed E-state index contributed by atoms with van der Waals surface area (Å²) in [6.45, 7) is 1.55. The second kappa shape index (κ2) is 7.90. The molecule has 27 heavy (non-hydrogen) atoms. The van der Waals surface area contributed by atoms with Crippen LogP contribution >= 0.6 is 11.3 Å². The average Bonchev–Trinajstić information content (AvgIpc) is 3.32. The van der Waals surface area contributed by atoms with Crippen LogP contribution in [0.5, 0.6) is 0 Å². The van der Waals surface area contributed by atoms with Gasteiger partial charge >= 0.3 is 0 Å². The number of carbonyl (C=O) groups excluding carboxylic acids is 1. The molecule has 2 heterocycles. The van der Waals surface area contributed by atoms with Crippen LogP contribution in [0.15, 0.2) is 39.2 Å². The maximum Gasteiger partial charge on any atom is 0.272 e. The summed E-state index contributed by atoms with van der Waals surface area (Å²) in [6, 6.07) is 9.19. The van der Waals surface area contributed by atoms with Crippen molar-refractivity contribution in [1.82, 2.24) is 24.6 Å². The molecule has 0 saturated carbocycles. The zero-order valence-corrected chi connectivity index (χ0v) is 16.1. The Morgan fingerprint density at radius 2 is 2.00 bits per heavy atom. The van der Waals surface area contributed by atoms with Crippen LogP contribution in [0.4, 0.5) is 5.13 Å². The minimum atomic E-state index is -3.92. The summed E-state index contributed by atoms with van der Waals surface area (Å²) < 4.78 is 31.2. The quantitative estimate of drug-likeness (QED) is 0.585. The van der Waals surface area contributed by atoms with Gasteiger partial charge in [-0.2, -0.15) is 9.29 Å². The monoisotopic (exact) mass is 408 g/mol. The molecule has 0 unspecified atom stereocenters. The second-order valence-corrected chi connectivity index (χ2v) is 8.61. The van der Waals surface area contributed by atoms with E-state index >= 15 is 0 Å². The molecule has 2 aromatic heterocycles. The molecule has 0 fully saturated rings. The molecule has 0 aliphatic rings. The van der Waals surface area contributed by atoms with Crippen molar-refractivity contribution in [3.8, 4) is 11.4 Å². The van der Waals surface area contributed by atoms with Gasteiger partial charge in [0.05, 0.1) is 6.54 Å². The van der Waals surface area contributed by atoms with E-state index in [1.807, 2.05) is 30.3 Å². The van der Waals surface area contributed by atoms with Crippen LogP contribution in [0.2, 0.25) is 0 Å². The molecular formula is C15H16N6O4S2. The zero-order chi connectivity index (χ0) is 19.4. The normalized spacial score (nSPS) is 11.7. The molecule has 10 nitrogen and oxygen atoms in total. The largest absolute Gasteiger partial charge is 0.338 e. The van der Waals surface area contributed by atoms with Gasteiger partial charge in [-0.1, -0.05) is 53.7 Å². The van der Waals surface area contributed by atoms with Gasteiger partial charge < -0.3 is 9.84 Å². The summed E-state index contributed by atoms with van der Waals surface area (Å²) in [7, 11) is -2.55. The molecule has 0 radical (unpaired) electrons. The first-order chi connectivity index (χ1) is 12.9. The number of anilines is 1. The number of amides is 1. The van der Waals surface area contributed by atoms with E-state index in [9.17, 15) is 13.2 Å². The molecular weight excluding hydrogens is 392 g/mol. The van der Waals surface area contributed by atoms with Crippen LogP contribution in [0.1, 0.15) is 19.2 Å². The molecule has 12 heteroatoms. The number of aromatic nitrogens is 4. The van der Waals surface area contributed by atoms with Crippen molar-refractivity contribution >= 4 is 32.4 Å². The molecule has 0 bridgehead atoms. The van der Waals surface area contributed by atoms with Crippen LogP contribution in [-0.2, 0) is 21.4 Å². The van der Waals surface area contributed by atoms with Crippen molar-refractivity contribution in [3.63, 3.8) is 0 Å². The Kier molecular flexibility index (Phi) is 5.58.